The summed E-state index contributed by atoms with van der Waals surface area (Å²) < 4.78 is 5.41. The highest BCUT2D eigenvalue weighted by molar-refractivity contribution is 5.83. The number of carbonyl (C=O) groups excluding carboxylic acids is 1. The van der Waals surface area contributed by atoms with E-state index in [1.165, 1.54) is 5.56 Å². The highest BCUT2D eigenvalue weighted by atomic mass is 16.5. The number of likely N-dealkylation sites (N-methyl/N-ethyl adjacent to an activating group) is 2. The van der Waals surface area contributed by atoms with Crippen molar-refractivity contribution in [2.45, 2.75) is 32.2 Å². The number of rotatable bonds is 6. The molecule has 0 bridgehead atoms. The zero-order valence-electron chi connectivity index (χ0n) is 14.9. The van der Waals surface area contributed by atoms with E-state index in [0.717, 1.165) is 44.6 Å². The summed E-state index contributed by atoms with van der Waals surface area (Å²) in [7, 11) is 5.86. The van der Waals surface area contributed by atoms with Crippen molar-refractivity contribution in [3.63, 3.8) is 0 Å². The Morgan fingerprint density at radius 1 is 1.26 bits per heavy atom. The number of hydrogen-bond donors (Lipinski definition) is 0. The van der Waals surface area contributed by atoms with E-state index in [1.807, 2.05) is 43.1 Å². The second kappa shape index (κ2) is 8.46. The van der Waals surface area contributed by atoms with Gasteiger partial charge in [-0.1, -0.05) is 29.8 Å². The van der Waals surface area contributed by atoms with Crippen LogP contribution in [0.1, 0.15) is 36.4 Å². The van der Waals surface area contributed by atoms with E-state index in [9.17, 15) is 4.79 Å². The van der Waals surface area contributed by atoms with E-state index in [1.54, 1.807) is 0 Å². The zero-order chi connectivity index (χ0) is 16.8. The lowest BCUT2D eigenvalue weighted by Crippen LogP contribution is -2.39. The molecule has 1 aromatic rings. The molecule has 0 radical (unpaired) electrons. The molecule has 1 fully saturated rings. The van der Waals surface area contributed by atoms with Crippen LogP contribution in [0, 0.1) is 12.8 Å². The van der Waals surface area contributed by atoms with Gasteiger partial charge < -0.3 is 9.64 Å². The molecule has 0 unspecified atom stereocenters. The maximum absolute atomic E-state index is 12.9. The lowest BCUT2D eigenvalue weighted by molar-refractivity contribution is -0.135. The van der Waals surface area contributed by atoms with Crippen molar-refractivity contribution in [1.82, 2.24) is 9.80 Å². The molecule has 23 heavy (non-hydrogen) atoms. The van der Waals surface area contributed by atoms with Crippen molar-refractivity contribution in [1.29, 1.82) is 0 Å². The summed E-state index contributed by atoms with van der Waals surface area (Å²) in [6.07, 6.45) is 3.31. The van der Waals surface area contributed by atoms with Gasteiger partial charge in [0.1, 0.15) is 6.04 Å². The van der Waals surface area contributed by atoms with Crippen molar-refractivity contribution in [3.05, 3.63) is 35.4 Å². The Bertz CT molecular complexity index is 510. The van der Waals surface area contributed by atoms with Gasteiger partial charge in [0.25, 0.3) is 0 Å². The molecule has 0 saturated carbocycles. The van der Waals surface area contributed by atoms with E-state index < -0.39 is 0 Å². The fraction of sp³-hybridized carbons (Fsp3) is 0.632. The minimum atomic E-state index is -0.213. The van der Waals surface area contributed by atoms with E-state index >= 15 is 0 Å². The van der Waals surface area contributed by atoms with Gasteiger partial charge in [-0.2, -0.15) is 0 Å². The third-order valence-electron chi connectivity index (χ3n) is 4.70. The van der Waals surface area contributed by atoms with Gasteiger partial charge in [0, 0.05) is 26.8 Å². The fourth-order valence-electron chi connectivity index (χ4n) is 3.23. The van der Waals surface area contributed by atoms with Gasteiger partial charge in [0.15, 0.2) is 0 Å². The van der Waals surface area contributed by atoms with E-state index in [4.69, 9.17) is 4.74 Å². The number of hydrogen-bond acceptors (Lipinski definition) is 3. The predicted molar refractivity (Wildman–Crippen MR) is 93.4 cm³/mol. The second-order valence-electron chi connectivity index (χ2n) is 6.88. The molecule has 0 aliphatic carbocycles. The Hall–Kier alpha value is -1.39. The number of nitrogens with zero attached hydrogens (tertiary/aromatic N) is 2. The number of amides is 1. The monoisotopic (exact) mass is 318 g/mol. The maximum atomic E-state index is 12.9. The Kier molecular flexibility index (Phi) is 6.60. The third-order valence-corrected chi connectivity index (χ3v) is 4.70. The largest absolute Gasteiger partial charge is 0.381 e. The van der Waals surface area contributed by atoms with Gasteiger partial charge in [0.2, 0.25) is 5.91 Å². The van der Waals surface area contributed by atoms with Gasteiger partial charge in [-0.25, -0.2) is 0 Å². The highest BCUT2D eigenvalue weighted by Crippen LogP contribution is 2.23. The molecule has 1 saturated heterocycles. The van der Waals surface area contributed by atoms with Crippen LogP contribution in [0.4, 0.5) is 0 Å². The minimum Gasteiger partial charge on any atom is -0.381 e. The second-order valence-corrected chi connectivity index (χ2v) is 6.88. The smallest absolute Gasteiger partial charge is 0.244 e. The van der Waals surface area contributed by atoms with E-state index in [0.29, 0.717) is 5.92 Å². The molecule has 0 spiro atoms. The van der Waals surface area contributed by atoms with E-state index in [-0.39, 0.29) is 11.9 Å². The SMILES string of the molecule is Cc1cccc([C@@H](C(=O)N(C)CCC2CCOCC2)N(C)C)c1. The maximum Gasteiger partial charge on any atom is 0.244 e. The summed E-state index contributed by atoms with van der Waals surface area (Å²) >= 11 is 0. The first-order chi connectivity index (χ1) is 11.0. The van der Waals surface area contributed by atoms with Gasteiger partial charge in [-0.3, -0.25) is 9.69 Å². The summed E-state index contributed by atoms with van der Waals surface area (Å²) in [4.78, 5) is 16.8. The molecule has 2 rings (SSSR count). The van der Waals surface area contributed by atoms with Crippen molar-refractivity contribution < 1.29 is 9.53 Å². The summed E-state index contributed by atoms with van der Waals surface area (Å²) in [6.45, 7) is 4.62. The molecule has 1 aliphatic rings. The van der Waals surface area contributed by atoms with Crippen molar-refractivity contribution in [2.24, 2.45) is 5.92 Å². The summed E-state index contributed by atoms with van der Waals surface area (Å²) in [5.74, 6) is 0.864. The van der Waals surface area contributed by atoms with Crippen LogP contribution in [0.15, 0.2) is 24.3 Å². The number of ether oxygens (including phenoxy) is 1. The van der Waals surface area contributed by atoms with Gasteiger partial charge in [-0.05, 0) is 51.8 Å². The van der Waals surface area contributed by atoms with E-state index in [2.05, 4.69) is 19.1 Å². The lowest BCUT2D eigenvalue weighted by Gasteiger charge is -2.30. The number of aryl methyl sites for hydroxylation is 1. The Morgan fingerprint density at radius 2 is 1.96 bits per heavy atom. The average Bonchev–Trinajstić information content (AvgIpc) is 2.53. The molecule has 128 valence electrons. The van der Waals surface area contributed by atoms with Crippen LogP contribution in [0.5, 0.6) is 0 Å². The molecule has 1 amide bonds. The average molecular weight is 318 g/mol. The molecule has 1 aliphatic heterocycles. The third kappa shape index (κ3) is 5.05. The van der Waals surface area contributed by atoms with Crippen LogP contribution in [-0.4, -0.2) is 56.6 Å². The molecular weight excluding hydrogens is 288 g/mol. The molecule has 4 heteroatoms. The van der Waals surface area contributed by atoms with Gasteiger partial charge in [-0.15, -0.1) is 0 Å². The number of benzene rings is 1. The minimum absolute atomic E-state index is 0.174. The summed E-state index contributed by atoms with van der Waals surface area (Å²) in [5.41, 5.74) is 2.25. The normalized spacial score (nSPS) is 17.3. The Balaban J connectivity index is 1.99. The highest BCUT2D eigenvalue weighted by Gasteiger charge is 2.26. The molecular formula is C19H30N2O2. The van der Waals surface area contributed by atoms with Crippen molar-refractivity contribution in [3.8, 4) is 0 Å². The topological polar surface area (TPSA) is 32.8 Å². The zero-order valence-corrected chi connectivity index (χ0v) is 14.9. The van der Waals surface area contributed by atoms with Crippen molar-refractivity contribution >= 4 is 5.91 Å². The van der Waals surface area contributed by atoms with Gasteiger partial charge >= 0.3 is 0 Å². The van der Waals surface area contributed by atoms with Crippen LogP contribution in [0.3, 0.4) is 0 Å². The Morgan fingerprint density at radius 3 is 2.57 bits per heavy atom. The van der Waals surface area contributed by atoms with Crippen LogP contribution in [0.25, 0.3) is 0 Å². The predicted octanol–water partition coefficient (Wildman–Crippen LogP) is 2.87. The molecule has 1 atom stereocenters. The first kappa shape index (κ1) is 18.0. The molecule has 0 aromatic heterocycles. The number of carbonyl (C=O) groups is 1. The summed E-state index contributed by atoms with van der Waals surface area (Å²) in [5, 5.41) is 0. The molecule has 0 N–H and O–H groups in total. The summed E-state index contributed by atoms with van der Waals surface area (Å²) in [6, 6.07) is 8.03. The van der Waals surface area contributed by atoms with Crippen LogP contribution >= 0.6 is 0 Å². The molecule has 1 aromatic carbocycles. The Labute approximate surface area is 140 Å². The van der Waals surface area contributed by atoms with Gasteiger partial charge in [0.05, 0.1) is 0 Å². The van der Waals surface area contributed by atoms with Crippen LogP contribution < -0.4 is 0 Å². The molecule has 4 nitrogen and oxygen atoms in total. The lowest BCUT2D eigenvalue weighted by atomic mass is 9.96. The van der Waals surface area contributed by atoms with Crippen molar-refractivity contribution in [2.75, 3.05) is 40.9 Å². The first-order valence-corrected chi connectivity index (χ1v) is 8.54. The first-order valence-electron chi connectivity index (χ1n) is 8.54. The fourth-order valence-corrected chi connectivity index (χ4v) is 3.23. The van der Waals surface area contributed by atoms with Crippen LogP contribution in [0.2, 0.25) is 0 Å². The van der Waals surface area contributed by atoms with Crippen LogP contribution in [-0.2, 0) is 9.53 Å². The standard InChI is InChI=1S/C19H30N2O2/c1-15-6-5-7-17(14-15)18(20(2)3)19(22)21(4)11-8-16-9-12-23-13-10-16/h5-7,14,16,18H,8-13H2,1-4H3/t18-/m0/s1. The quantitative estimate of drug-likeness (QED) is 0.808. The molecule has 1 heterocycles.